The molecule has 5 heteroatoms. The Morgan fingerprint density at radius 2 is 2.40 bits per heavy atom. The van der Waals surface area contributed by atoms with E-state index in [-0.39, 0.29) is 18.5 Å². The summed E-state index contributed by atoms with van der Waals surface area (Å²) in [6, 6.07) is 2.13. The van der Waals surface area contributed by atoms with Gasteiger partial charge in [-0.1, -0.05) is 6.92 Å². The summed E-state index contributed by atoms with van der Waals surface area (Å²) in [7, 11) is 0. The van der Waals surface area contributed by atoms with Crippen LogP contribution in [-0.2, 0) is 4.79 Å². The predicted molar refractivity (Wildman–Crippen MR) is 62.6 cm³/mol. The zero-order valence-electron chi connectivity index (χ0n) is 8.85. The zero-order chi connectivity index (χ0) is 11.3. The minimum atomic E-state index is -0.314. The summed E-state index contributed by atoms with van der Waals surface area (Å²) in [4.78, 5) is 12.9. The van der Waals surface area contributed by atoms with Gasteiger partial charge in [0.05, 0.1) is 6.54 Å². The second-order valence-corrected chi connectivity index (χ2v) is 4.12. The second kappa shape index (κ2) is 5.85. The van der Waals surface area contributed by atoms with Crippen LogP contribution in [0.5, 0.6) is 0 Å². The van der Waals surface area contributed by atoms with Crippen LogP contribution in [0.2, 0.25) is 0 Å². The fourth-order valence-corrected chi connectivity index (χ4v) is 2.31. The molecule has 0 saturated heterocycles. The maximum atomic E-state index is 10.9. The molecule has 0 aromatic carbocycles. The van der Waals surface area contributed by atoms with Crippen LogP contribution in [0, 0.1) is 0 Å². The van der Waals surface area contributed by atoms with Gasteiger partial charge in [-0.2, -0.15) is 11.3 Å². The summed E-state index contributed by atoms with van der Waals surface area (Å²) in [5.74, 6) is -0.314. The Kier molecular flexibility index (Phi) is 4.74. The molecule has 0 saturated carbocycles. The first-order valence-corrected chi connectivity index (χ1v) is 5.87. The molecule has 1 atom stereocenters. The molecule has 1 aromatic rings. The Bertz CT molecular complexity index is 300. The molecule has 15 heavy (non-hydrogen) atoms. The van der Waals surface area contributed by atoms with Crippen LogP contribution in [0.3, 0.4) is 0 Å². The standard InChI is InChI=1S/C10H17N3OS/c1-2-13(6-10(12)14)9(5-11)8-3-4-15-7-8/h3-4,7,9H,2,5-6,11H2,1H3,(H2,12,14). The number of thiophene rings is 1. The Hall–Kier alpha value is -0.910. The van der Waals surface area contributed by atoms with Crippen molar-refractivity contribution >= 4 is 17.2 Å². The van der Waals surface area contributed by atoms with Crippen LogP contribution >= 0.6 is 11.3 Å². The summed E-state index contributed by atoms with van der Waals surface area (Å²) >= 11 is 1.63. The van der Waals surface area contributed by atoms with Gasteiger partial charge in [-0.25, -0.2) is 0 Å². The molecule has 0 spiro atoms. The van der Waals surface area contributed by atoms with Gasteiger partial charge in [-0.3, -0.25) is 9.69 Å². The molecule has 1 amide bonds. The van der Waals surface area contributed by atoms with Crippen molar-refractivity contribution in [3.63, 3.8) is 0 Å². The highest BCUT2D eigenvalue weighted by molar-refractivity contribution is 7.07. The van der Waals surface area contributed by atoms with Gasteiger partial charge in [0.2, 0.25) is 5.91 Å². The van der Waals surface area contributed by atoms with E-state index in [1.807, 2.05) is 23.3 Å². The molecule has 0 radical (unpaired) electrons. The van der Waals surface area contributed by atoms with Crippen LogP contribution in [0.4, 0.5) is 0 Å². The zero-order valence-corrected chi connectivity index (χ0v) is 9.67. The number of nitrogens with zero attached hydrogens (tertiary/aromatic N) is 1. The van der Waals surface area contributed by atoms with E-state index < -0.39 is 0 Å². The molecule has 0 bridgehead atoms. The van der Waals surface area contributed by atoms with Gasteiger partial charge >= 0.3 is 0 Å². The lowest BCUT2D eigenvalue weighted by Crippen LogP contribution is -2.39. The molecule has 4 N–H and O–H groups in total. The molecule has 1 unspecified atom stereocenters. The number of nitrogens with two attached hydrogens (primary N) is 2. The van der Waals surface area contributed by atoms with E-state index in [0.717, 1.165) is 12.1 Å². The van der Waals surface area contributed by atoms with Gasteiger partial charge in [0, 0.05) is 12.6 Å². The highest BCUT2D eigenvalue weighted by atomic mass is 32.1. The minimum Gasteiger partial charge on any atom is -0.369 e. The first kappa shape index (κ1) is 12.2. The van der Waals surface area contributed by atoms with Crippen molar-refractivity contribution in [1.82, 2.24) is 4.90 Å². The van der Waals surface area contributed by atoms with Crippen LogP contribution in [-0.4, -0.2) is 30.4 Å². The number of amides is 1. The average molecular weight is 227 g/mol. The van der Waals surface area contributed by atoms with Crippen LogP contribution in [0.15, 0.2) is 16.8 Å². The maximum absolute atomic E-state index is 10.9. The van der Waals surface area contributed by atoms with Crippen molar-refractivity contribution in [3.8, 4) is 0 Å². The first-order valence-electron chi connectivity index (χ1n) is 4.93. The third-order valence-electron chi connectivity index (χ3n) is 2.36. The third-order valence-corrected chi connectivity index (χ3v) is 3.06. The molecule has 1 heterocycles. The molecule has 1 rings (SSSR count). The molecule has 84 valence electrons. The fourth-order valence-electron chi connectivity index (χ4n) is 1.60. The van der Waals surface area contributed by atoms with Gasteiger partial charge < -0.3 is 11.5 Å². The number of rotatable bonds is 6. The van der Waals surface area contributed by atoms with E-state index in [4.69, 9.17) is 11.5 Å². The van der Waals surface area contributed by atoms with Gasteiger partial charge in [-0.05, 0) is 28.9 Å². The number of hydrogen-bond acceptors (Lipinski definition) is 4. The lowest BCUT2D eigenvalue weighted by molar-refractivity contribution is -0.119. The number of carbonyl (C=O) groups is 1. The SMILES string of the molecule is CCN(CC(N)=O)C(CN)c1ccsc1. The van der Waals surface area contributed by atoms with E-state index in [1.165, 1.54) is 0 Å². The Morgan fingerprint density at radius 1 is 1.67 bits per heavy atom. The molecule has 0 fully saturated rings. The van der Waals surface area contributed by atoms with Crippen molar-refractivity contribution < 1.29 is 4.79 Å². The predicted octanol–water partition coefficient (Wildman–Crippen LogP) is 0.555. The summed E-state index contributed by atoms with van der Waals surface area (Å²) in [5, 5.41) is 4.07. The topological polar surface area (TPSA) is 72.3 Å². The Balaban J connectivity index is 2.75. The van der Waals surface area contributed by atoms with Gasteiger partial charge in [0.25, 0.3) is 0 Å². The minimum absolute atomic E-state index is 0.0914. The molecule has 0 aliphatic heterocycles. The Morgan fingerprint density at radius 3 is 2.80 bits per heavy atom. The number of primary amides is 1. The maximum Gasteiger partial charge on any atom is 0.231 e. The van der Waals surface area contributed by atoms with E-state index in [0.29, 0.717) is 6.54 Å². The van der Waals surface area contributed by atoms with Crippen LogP contribution in [0.1, 0.15) is 18.5 Å². The van der Waals surface area contributed by atoms with Gasteiger partial charge in [0.1, 0.15) is 0 Å². The van der Waals surface area contributed by atoms with Gasteiger partial charge in [0.15, 0.2) is 0 Å². The molecule has 1 aromatic heterocycles. The lowest BCUT2D eigenvalue weighted by atomic mass is 10.1. The van der Waals surface area contributed by atoms with Crippen LogP contribution in [0.25, 0.3) is 0 Å². The van der Waals surface area contributed by atoms with Gasteiger partial charge in [-0.15, -0.1) is 0 Å². The molecule has 0 aliphatic rings. The van der Waals surface area contributed by atoms with E-state index in [2.05, 4.69) is 5.38 Å². The third kappa shape index (κ3) is 3.30. The highest BCUT2D eigenvalue weighted by Crippen LogP contribution is 2.21. The number of carbonyl (C=O) groups excluding carboxylic acids is 1. The molecule has 4 nitrogen and oxygen atoms in total. The summed E-state index contributed by atoms with van der Waals surface area (Å²) in [5.41, 5.74) is 12.1. The fraction of sp³-hybridized carbons (Fsp3) is 0.500. The second-order valence-electron chi connectivity index (χ2n) is 3.34. The molecule has 0 aliphatic carbocycles. The van der Waals surface area contributed by atoms with E-state index in [9.17, 15) is 4.79 Å². The lowest BCUT2D eigenvalue weighted by Gasteiger charge is -2.28. The van der Waals surface area contributed by atoms with Crippen molar-refractivity contribution in [1.29, 1.82) is 0 Å². The van der Waals surface area contributed by atoms with Crippen molar-refractivity contribution in [2.45, 2.75) is 13.0 Å². The van der Waals surface area contributed by atoms with E-state index >= 15 is 0 Å². The number of likely N-dealkylation sites (N-methyl/N-ethyl adjacent to an activating group) is 1. The summed E-state index contributed by atoms with van der Waals surface area (Å²) < 4.78 is 0. The van der Waals surface area contributed by atoms with Crippen LogP contribution < -0.4 is 11.5 Å². The normalized spacial score (nSPS) is 13.0. The summed E-state index contributed by atoms with van der Waals surface area (Å²) in [6.45, 7) is 3.52. The molecular weight excluding hydrogens is 210 g/mol. The number of hydrogen-bond donors (Lipinski definition) is 2. The molecular formula is C10H17N3OS. The highest BCUT2D eigenvalue weighted by Gasteiger charge is 2.19. The van der Waals surface area contributed by atoms with Crippen molar-refractivity contribution in [3.05, 3.63) is 22.4 Å². The van der Waals surface area contributed by atoms with E-state index in [1.54, 1.807) is 11.3 Å². The van der Waals surface area contributed by atoms with Crippen molar-refractivity contribution in [2.24, 2.45) is 11.5 Å². The largest absolute Gasteiger partial charge is 0.369 e. The first-order chi connectivity index (χ1) is 7.19. The van der Waals surface area contributed by atoms with Crippen molar-refractivity contribution in [2.75, 3.05) is 19.6 Å². The average Bonchev–Trinajstić information content (AvgIpc) is 2.70. The summed E-state index contributed by atoms with van der Waals surface area (Å²) in [6.07, 6.45) is 0. The Labute approximate surface area is 93.9 Å². The monoisotopic (exact) mass is 227 g/mol. The smallest absolute Gasteiger partial charge is 0.231 e. The quantitative estimate of drug-likeness (QED) is 0.745.